The summed E-state index contributed by atoms with van der Waals surface area (Å²) in [7, 11) is 0. The van der Waals surface area contributed by atoms with Gasteiger partial charge in [-0.1, -0.05) is 18.2 Å². The van der Waals surface area contributed by atoms with Crippen molar-refractivity contribution in [2.75, 3.05) is 19.8 Å². The molecule has 8 heteroatoms. The van der Waals surface area contributed by atoms with Crippen molar-refractivity contribution >= 4 is 5.91 Å². The summed E-state index contributed by atoms with van der Waals surface area (Å²) in [5.41, 5.74) is 0.719. The summed E-state index contributed by atoms with van der Waals surface area (Å²) in [5.74, 6) is 0.195. The topological polar surface area (TPSA) is 82.5 Å². The molecule has 168 valence electrons. The number of hydrogen-bond donors (Lipinski definition) is 1. The molecule has 2 aromatic carbocycles. The Morgan fingerprint density at radius 3 is 2.50 bits per heavy atom. The van der Waals surface area contributed by atoms with Crippen molar-refractivity contribution in [2.45, 2.75) is 27.2 Å². The number of nitrogens with one attached hydrogen (secondary N) is 1. The van der Waals surface area contributed by atoms with Gasteiger partial charge in [0.2, 0.25) is 5.43 Å². The third-order valence-electron chi connectivity index (χ3n) is 4.71. The molecule has 0 fully saturated rings. The quantitative estimate of drug-likeness (QED) is 0.552. The molecule has 0 aliphatic rings. The summed E-state index contributed by atoms with van der Waals surface area (Å²) in [6.45, 7) is 6.75. The van der Waals surface area contributed by atoms with E-state index in [0.717, 1.165) is 5.56 Å². The third-order valence-corrected chi connectivity index (χ3v) is 4.71. The third kappa shape index (κ3) is 5.32. The molecule has 0 unspecified atom stereocenters. The van der Waals surface area contributed by atoms with Gasteiger partial charge in [-0.05, 0) is 57.0 Å². The maximum absolute atomic E-state index is 14.2. The molecule has 0 atom stereocenters. The van der Waals surface area contributed by atoms with Crippen LogP contribution in [0.5, 0.6) is 11.5 Å². The number of aromatic nitrogens is 2. The van der Waals surface area contributed by atoms with Crippen LogP contribution in [0.1, 0.15) is 35.6 Å². The van der Waals surface area contributed by atoms with Gasteiger partial charge in [0, 0.05) is 18.3 Å². The van der Waals surface area contributed by atoms with Gasteiger partial charge in [0.25, 0.3) is 5.91 Å². The zero-order valence-corrected chi connectivity index (χ0v) is 18.4. The zero-order valence-electron chi connectivity index (χ0n) is 18.4. The lowest BCUT2D eigenvalue weighted by Crippen LogP contribution is -2.33. The van der Waals surface area contributed by atoms with Crippen LogP contribution in [-0.2, 0) is 6.42 Å². The predicted octanol–water partition coefficient (Wildman–Crippen LogP) is 3.45. The first-order chi connectivity index (χ1) is 15.4. The molecule has 0 aliphatic heterocycles. The van der Waals surface area contributed by atoms with E-state index >= 15 is 0 Å². The van der Waals surface area contributed by atoms with Crippen LogP contribution >= 0.6 is 0 Å². The minimum Gasteiger partial charge on any atom is -0.490 e. The van der Waals surface area contributed by atoms with Gasteiger partial charge in [-0.3, -0.25) is 9.59 Å². The highest BCUT2D eigenvalue weighted by Crippen LogP contribution is 2.28. The second-order valence-electron chi connectivity index (χ2n) is 7.01. The highest BCUT2D eigenvalue weighted by atomic mass is 19.1. The van der Waals surface area contributed by atoms with Gasteiger partial charge < -0.3 is 14.8 Å². The van der Waals surface area contributed by atoms with Crippen molar-refractivity contribution in [2.24, 2.45) is 0 Å². The van der Waals surface area contributed by atoms with Crippen LogP contribution in [0, 0.1) is 12.7 Å². The van der Waals surface area contributed by atoms with Crippen LogP contribution in [0.15, 0.2) is 53.3 Å². The number of hydrogen-bond acceptors (Lipinski definition) is 5. The van der Waals surface area contributed by atoms with Crippen LogP contribution in [-0.4, -0.2) is 35.4 Å². The molecule has 1 aromatic heterocycles. The van der Waals surface area contributed by atoms with E-state index in [-0.39, 0.29) is 17.9 Å². The summed E-state index contributed by atoms with van der Waals surface area (Å²) in [4.78, 5) is 25.0. The number of ether oxygens (including phenoxy) is 2. The van der Waals surface area contributed by atoms with Gasteiger partial charge in [0.15, 0.2) is 17.2 Å². The Bertz CT molecular complexity index is 1160. The summed E-state index contributed by atoms with van der Waals surface area (Å²) < 4.78 is 26.6. The average Bonchev–Trinajstić information content (AvgIpc) is 2.76. The molecule has 1 heterocycles. The fourth-order valence-electron chi connectivity index (χ4n) is 3.23. The summed E-state index contributed by atoms with van der Waals surface area (Å²) in [5, 5.41) is 6.83. The van der Waals surface area contributed by atoms with Gasteiger partial charge in [-0.2, -0.15) is 5.10 Å². The zero-order chi connectivity index (χ0) is 23.1. The van der Waals surface area contributed by atoms with E-state index < -0.39 is 17.2 Å². The number of rotatable bonds is 9. The molecule has 1 N–H and O–H groups in total. The van der Waals surface area contributed by atoms with E-state index in [0.29, 0.717) is 36.8 Å². The van der Waals surface area contributed by atoms with Gasteiger partial charge in [0.05, 0.1) is 13.2 Å². The number of carbonyl (C=O) groups excluding carboxylic acids is 1. The molecule has 0 aliphatic carbocycles. The number of nitrogens with zero attached hydrogens (tertiary/aromatic N) is 2. The SMILES string of the molecule is CCOc1ccc(CCNC(=O)c2nn(-c3ccccc3F)c(C)cc2=O)cc1OCC. The molecule has 1 amide bonds. The number of para-hydroxylation sites is 1. The minimum absolute atomic E-state index is 0.164. The Hall–Kier alpha value is -3.68. The Balaban J connectivity index is 1.73. The summed E-state index contributed by atoms with van der Waals surface area (Å²) in [6.07, 6.45) is 0.519. The van der Waals surface area contributed by atoms with E-state index in [4.69, 9.17) is 9.47 Å². The molecular formula is C24H26FN3O4. The van der Waals surface area contributed by atoms with Crippen molar-refractivity contribution < 1.29 is 18.7 Å². The van der Waals surface area contributed by atoms with Crippen LogP contribution in [0.3, 0.4) is 0 Å². The first kappa shape index (κ1) is 23.0. The lowest BCUT2D eigenvalue weighted by Gasteiger charge is -2.13. The number of halogens is 1. The van der Waals surface area contributed by atoms with Crippen LogP contribution in [0.25, 0.3) is 5.69 Å². The smallest absolute Gasteiger partial charge is 0.275 e. The number of carbonyl (C=O) groups is 1. The summed E-state index contributed by atoms with van der Waals surface area (Å²) in [6, 6.07) is 12.9. The van der Waals surface area contributed by atoms with Crippen LogP contribution < -0.4 is 20.2 Å². The lowest BCUT2D eigenvalue weighted by molar-refractivity contribution is 0.0946. The highest BCUT2D eigenvalue weighted by molar-refractivity contribution is 5.92. The maximum atomic E-state index is 14.2. The molecular weight excluding hydrogens is 413 g/mol. The molecule has 0 saturated carbocycles. The number of aryl methyl sites for hydroxylation is 1. The average molecular weight is 439 g/mol. The molecule has 0 saturated heterocycles. The number of amides is 1. The maximum Gasteiger partial charge on any atom is 0.275 e. The highest BCUT2D eigenvalue weighted by Gasteiger charge is 2.16. The monoisotopic (exact) mass is 439 g/mol. The van der Waals surface area contributed by atoms with Crippen molar-refractivity contribution in [3.8, 4) is 17.2 Å². The normalized spacial score (nSPS) is 10.6. The molecule has 0 spiro atoms. The van der Waals surface area contributed by atoms with Gasteiger partial charge >= 0.3 is 0 Å². The second kappa shape index (κ2) is 10.6. The fourth-order valence-corrected chi connectivity index (χ4v) is 3.23. The molecule has 0 radical (unpaired) electrons. The first-order valence-electron chi connectivity index (χ1n) is 10.5. The molecule has 3 aromatic rings. The van der Waals surface area contributed by atoms with E-state index in [9.17, 15) is 14.0 Å². The molecule has 7 nitrogen and oxygen atoms in total. The predicted molar refractivity (Wildman–Crippen MR) is 119 cm³/mol. The van der Waals surface area contributed by atoms with E-state index in [1.54, 1.807) is 19.1 Å². The van der Waals surface area contributed by atoms with Gasteiger partial charge in [0.1, 0.15) is 11.5 Å². The van der Waals surface area contributed by atoms with Crippen LogP contribution in [0.4, 0.5) is 4.39 Å². The van der Waals surface area contributed by atoms with E-state index in [2.05, 4.69) is 10.4 Å². The Labute approximate surface area is 185 Å². The van der Waals surface area contributed by atoms with E-state index in [1.807, 2.05) is 32.0 Å². The van der Waals surface area contributed by atoms with Crippen molar-refractivity contribution in [1.29, 1.82) is 0 Å². The fraction of sp³-hybridized carbons (Fsp3) is 0.292. The molecule has 32 heavy (non-hydrogen) atoms. The van der Waals surface area contributed by atoms with Gasteiger partial charge in [-0.15, -0.1) is 0 Å². The molecule has 3 rings (SSSR count). The van der Waals surface area contributed by atoms with Crippen molar-refractivity contribution in [3.63, 3.8) is 0 Å². The first-order valence-corrected chi connectivity index (χ1v) is 10.5. The largest absolute Gasteiger partial charge is 0.490 e. The second-order valence-corrected chi connectivity index (χ2v) is 7.01. The van der Waals surface area contributed by atoms with E-state index in [1.165, 1.54) is 22.9 Å². The van der Waals surface area contributed by atoms with Crippen molar-refractivity contribution in [1.82, 2.24) is 15.1 Å². The Morgan fingerprint density at radius 2 is 1.78 bits per heavy atom. The Kier molecular flexibility index (Phi) is 7.59. The molecule has 0 bridgehead atoms. The lowest BCUT2D eigenvalue weighted by atomic mass is 10.1. The Morgan fingerprint density at radius 1 is 1.06 bits per heavy atom. The van der Waals surface area contributed by atoms with Crippen molar-refractivity contribution in [3.05, 3.63) is 81.5 Å². The standard InChI is InChI=1S/C24H26FN3O4/c1-4-31-21-11-10-17(15-22(21)32-5-2)12-13-26-24(30)23-20(29)14-16(3)28(27-23)19-9-7-6-8-18(19)25/h6-11,14-15H,4-5,12-13H2,1-3H3,(H,26,30). The van der Waals surface area contributed by atoms with Crippen LogP contribution in [0.2, 0.25) is 0 Å². The summed E-state index contributed by atoms with van der Waals surface area (Å²) >= 11 is 0. The minimum atomic E-state index is -0.615. The number of benzene rings is 2. The van der Waals surface area contributed by atoms with Gasteiger partial charge in [-0.25, -0.2) is 9.07 Å².